The summed E-state index contributed by atoms with van der Waals surface area (Å²) in [6.07, 6.45) is 7.02. The first-order chi connectivity index (χ1) is 10.8. The first-order valence-corrected chi connectivity index (χ1v) is 8.23. The van der Waals surface area contributed by atoms with Crippen LogP contribution in [0.25, 0.3) is 0 Å². The van der Waals surface area contributed by atoms with E-state index in [1.807, 2.05) is 34.0 Å². The van der Waals surface area contributed by atoms with Gasteiger partial charge in [-0.3, -0.25) is 14.9 Å². The number of likely N-dealkylation sites (tertiary alicyclic amines) is 1. The van der Waals surface area contributed by atoms with E-state index in [0.717, 1.165) is 31.6 Å². The van der Waals surface area contributed by atoms with Gasteiger partial charge in [0.15, 0.2) is 0 Å². The number of hydrogen-bond donors (Lipinski definition) is 0. The van der Waals surface area contributed by atoms with Gasteiger partial charge in [0.05, 0.1) is 11.7 Å². The van der Waals surface area contributed by atoms with Crippen LogP contribution in [0, 0.1) is 0 Å². The molecular formula is C17H28N4O2. The van der Waals surface area contributed by atoms with E-state index in [9.17, 15) is 4.79 Å². The van der Waals surface area contributed by atoms with Crippen LogP contribution in [-0.2, 0) is 4.74 Å². The fourth-order valence-corrected chi connectivity index (χ4v) is 2.85. The fourth-order valence-electron chi connectivity index (χ4n) is 2.85. The molecular weight excluding hydrogens is 292 g/mol. The molecule has 0 N–H and O–H groups in total. The Bertz CT molecular complexity index is 515. The topological polar surface area (TPSA) is 58.6 Å². The van der Waals surface area contributed by atoms with Crippen molar-refractivity contribution in [1.29, 1.82) is 0 Å². The Balaban J connectivity index is 1.99. The Hall–Kier alpha value is -1.69. The summed E-state index contributed by atoms with van der Waals surface area (Å²) in [6.45, 7) is 9.65. The van der Waals surface area contributed by atoms with Crippen molar-refractivity contribution in [3.05, 3.63) is 24.3 Å². The highest BCUT2D eigenvalue weighted by Crippen LogP contribution is 2.25. The van der Waals surface area contributed by atoms with Gasteiger partial charge in [0.2, 0.25) is 0 Å². The number of rotatable bonds is 3. The third kappa shape index (κ3) is 4.89. The number of nitrogens with zero attached hydrogens (tertiary/aromatic N) is 4. The molecule has 2 atom stereocenters. The zero-order valence-corrected chi connectivity index (χ0v) is 14.8. The lowest BCUT2D eigenvalue weighted by Gasteiger charge is -2.40. The van der Waals surface area contributed by atoms with Gasteiger partial charge < -0.3 is 9.64 Å². The maximum absolute atomic E-state index is 12.3. The highest BCUT2D eigenvalue weighted by atomic mass is 16.6. The maximum atomic E-state index is 12.3. The standard InChI is InChI=1S/C17H28N4O2/c1-13(15-11-18-8-9-19-15)21-10-6-7-14(12-21)20(5)16(22)23-17(2,3)4/h8-9,11,13-14H,6-7,10,12H2,1-5H3. The zero-order valence-electron chi connectivity index (χ0n) is 14.8. The van der Waals surface area contributed by atoms with E-state index in [1.54, 1.807) is 17.3 Å². The van der Waals surface area contributed by atoms with E-state index >= 15 is 0 Å². The minimum absolute atomic E-state index is 0.165. The van der Waals surface area contributed by atoms with Crippen molar-refractivity contribution in [2.24, 2.45) is 0 Å². The quantitative estimate of drug-likeness (QED) is 0.857. The highest BCUT2D eigenvalue weighted by Gasteiger charge is 2.31. The summed E-state index contributed by atoms with van der Waals surface area (Å²) in [6, 6.07) is 0.358. The van der Waals surface area contributed by atoms with Gasteiger partial charge in [-0.1, -0.05) is 0 Å². The van der Waals surface area contributed by atoms with Crippen molar-refractivity contribution in [3.8, 4) is 0 Å². The van der Waals surface area contributed by atoms with Crippen LogP contribution in [0.2, 0.25) is 0 Å². The molecule has 23 heavy (non-hydrogen) atoms. The summed E-state index contributed by atoms with van der Waals surface area (Å²) in [7, 11) is 1.83. The Morgan fingerprint density at radius 3 is 2.78 bits per heavy atom. The monoisotopic (exact) mass is 320 g/mol. The molecule has 128 valence electrons. The number of carbonyl (C=O) groups excluding carboxylic acids is 1. The predicted molar refractivity (Wildman–Crippen MR) is 89.0 cm³/mol. The summed E-state index contributed by atoms with van der Waals surface area (Å²) in [5.74, 6) is 0. The molecule has 2 unspecified atom stereocenters. The number of piperidine rings is 1. The molecule has 0 bridgehead atoms. The average Bonchev–Trinajstić information content (AvgIpc) is 2.52. The molecule has 1 aliphatic rings. The fraction of sp³-hybridized carbons (Fsp3) is 0.706. The van der Waals surface area contributed by atoms with Gasteiger partial charge in [-0.25, -0.2) is 4.79 Å². The summed E-state index contributed by atoms with van der Waals surface area (Å²) in [5, 5.41) is 0. The second-order valence-electron chi connectivity index (χ2n) is 7.19. The van der Waals surface area contributed by atoms with Crippen LogP contribution < -0.4 is 0 Å². The second-order valence-corrected chi connectivity index (χ2v) is 7.19. The van der Waals surface area contributed by atoms with Crippen LogP contribution in [0.15, 0.2) is 18.6 Å². The molecule has 0 radical (unpaired) electrons. The van der Waals surface area contributed by atoms with Crippen LogP contribution in [0.4, 0.5) is 4.79 Å². The molecule has 1 saturated heterocycles. The number of likely N-dealkylation sites (N-methyl/N-ethyl adjacent to an activating group) is 1. The van der Waals surface area contributed by atoms with Crippen LogP contribution in [0.5, 0.6) is 0 Å². The van der Waals surface area contributed by atoms with Crippen molar-refractivity contribution >= 4 is 6.09 Å². The minimum atomic E-state index is -0.466. The Morgan fingerprint density at radius 1 is 1.43 bits per heavy atom. The molecule has 0 aromatic carbocycles. The number of carbonyl (C=O) groups is 1. The SMILES string of the molecule is CC(c1cnccn1)N1CCCC(N(C)C(=O)OC(C)(C)C)C1. The average molecular weight is 320 g/mol. The second kappa shape index (κ2) is 7.25. The number of hydrogen-bond acceptors (Lipinski definition) is 5. The Morgan fingerprint density at radius 2 is 2.17 bits per heavy atom. The van der Waals surface area contributed by atoms with Crippen molar-refractivity contribution < 1.29 is 9.53 Å². The van der Waals surface area contributed by atoms with Crippen LogP contribution >= 0.6 is 0 Å². The van der Waals surface area contributed by atoms with Gasteiger partial charge >= 0.3 is 6.09 Å². The van der Waals surface area contributed by atoms with Crippen LogP contribution in [0.3, 0.4) is 0 Å². The van der Waals surface area contributed by atoms with E-state index in [-0.39, 0.29) is 18.2 Å². The van der Waals surface area contributed by atoms with E-state index in [1.165, 1.54) is 0 Å². The first-order valence-electron chi connectivity index (χ1n) is 8.23. The van der Waals surface area contributed by atoms with Crippen LogP contribution in [-0.4, -0.2) is 57.6 Å². The van der Waals surface area contributed by atoms with Crippen molar-refractivity contribution in [2.45, 2.75) is 58.2 Å². The summed E-state index contributed by atoms with van der Waals surface area (Å²) < 4.78 is 5.48. The molecule has 0 aliphatic carbocycles. The smallest absolute Gasteiger partial charge is 0.410 e. The largest absolute Gasteiger partial charge is 0.444 e. The molecule has 1 fully saturated rings. The molecule has 2 heterocycles. The van der Waals surface area contributed by atoms with Crippen molar-refractivity contribution in [2.75, 3.05) is 20.1 Å². The minimum Gasteiger partial charge on any atom is -0.444 e. The molecule has 1 amide bonds. The number of aromatic nitrogens is 2. The molecule has 0 saturated carbocycles. The molecule has 1 aliphatic heterocycles. The summed E-state index contributed by atoms with van der Waals surface area (Å²) in [4.78, 5) is 24.9. The highest BCUT2D eigenvalue weighted by molar-refractivity contribution is 5.68. The van der Waals surface area contributed by atoms with Gasteiger partial charge in [0.1, 0.15) is 5.60 Å². The first kappa shape index (κ1) is 17.7. The third-order valence-electron chi connectivity index (χ3n) is 4.22. The summed E-state index contributed by atoms with van der Waals surface area (Å²) >= 11 is 0. The van der Waals surface area contributed by atoms with E-state index in [0.29, 0.717) is 0 Å². The molecule has 2 rings (SSSR count). The Kier molecular flexibility index (Phi) is 5.57. The number of amides is 1. The molecule has 0 spiro atoms. The summed E-state index contributed by atoms with van der Waals surface area (Å²) in [5.41, 5.74) is 0.500. The molecule has 6 heteroatoms. The van der Waals surface area contributed by atoms with E-state index in [2.05, 4.69) is 21.8 Å². The van der Waals surface area contributed by atoms with Gasteiger partial charge in [0, 0.05) is 38.2 Å². The van der Waals surface area contributed by atoms with Gasteiger partial charge in [-0.15, -0.1) is 0 Å². The van der Waals surface area contributed by atoms with Gasteiger partial charge in [-0.05, 0) is 47.1 Å². The Labute approximate surface area is 138 Å². The van der Waals surface area contributed by atoms with Crippen molar-refractivity contribution in [1.82, 2.24) is 19.8 Å². The lowest BCUT2D eigenvalue weighted by atomic mass is 10.0. The molecule has 6 nitrogen and oxygen atoms in total. The molecule has 1 aromatic heterocycles. The normalized spacial score (nSPS) is 20.8. The van der Waals surface area contributed by atoms with E-state index in [4.69, 9.17) is 4.74 Å². The number of ether oxygens (including phenoxy) is 1. The van der Waals surface area contributed by atoms with Gasteiger partial charge in [0.25, 0.3) is 0 Å². The lowest BCUT2D eigenvalue weighted by molar-refractivity contribution is 0.0103. The lowest BCUT2D eigenvalue weighted by Crippen LogP contribution is -2.50. The zero-order chi connectivity index (χ0) is 17.0. The third-order valence-corrected chi connectivity index (χ3v) is 4.22. The predicted octanol–water partition coefficient (Wildman–Crippen LogP) is 2.87. The van der Waals surface area contributed by atoms with Crippen LogP contribution in [0.1, 0.15) is 52.3 Å². The maximum Gasteiger partial charge on any atom is 0.410 e. The van der Waals surface area contributed by atoms with E-state index < -0.39 is 5.60 Å². The van der Waals surface area contributed by atoms with Crippen molar-refractivity contribution in [3.63, 3.8) is 0 Å². The van der Waals surface area contributed by atoms with Gasteiger partial charge in [-0.2, -0.15) is 0 Å². The molecule has 1 aromatic rings.